The van der Waals surface area contributed by atoms with E-state index in [1.807, 2.05) is 19.1 Å². The van der Waals surface area contributed by atoms with E-state index in [2.05, 4.69) is 5.32 Å². The molecule has 0 radical (unpaired) electrons. The molecule has 3 rings (SSSR count). The summed E-state index contributed by atoms with van der Waals surface area (Å²) in [6.45, 7) is 2.60. The van der Waals surface area contributed by atoms with Gasteiger partial charge < -0.3 is 14.6 Å². The second-order valence-electron chi connectivity index (χ2n) is 4.59. The van der Waals surface area contributed by atoms with Crippen LogP contribution >= 0.6 is 0 Å². The summed E-state index contributed by atoms with van der Waals surface area (Å²) in [5.74, 6) is 0.0559. The lowest BCUT2D eigenvalue weighted by atomic mass is 10.1. The third kappa shape index (κ3) is 2.07. The Morgan fingerprint density at radius 3 is 2.95 bits per heavy atom. The number of hydrogen-bond donors (Lipinski definition) is 1. The number of hydrogen-bond acceptors (Lipinski definition) is 3. The van der Waals surface area contributed by atoms with Crippen molar-refractivity contribution in [3.05, 3.63) is 47.9 Å². The van der Waals surface area contributed by atoms with Crippen molar-refractivity contribution in [3.8, 4) is 0 Å². The molecule has 1 aromatic heterocycles. The van der Waals surface area contributed by atoms with Gasteiger partial charge in [0.25, 0.3) is 5.91 Å². The molecular formula is C15H14N2O3. The first-order chi connectivity index (χ1) is 9.69. The largest absolute Gasteiger partial charge is 0.459 e. The van der Waals surface area contributed by atoms with Crippen molar-refractivity contribution in [2.45, 2.75) is 13.3 Å². The van der Waals surface area contributed by atoms with Crippen LogP contribution in [0.4, 0.5) is 11.4 Å². The van der Waals surface area contributed by atoms with E-state index in [0.29, 0.717) is 18.7 Å². The molecule has 0 bridgehead atoms. The average Bonchev–Trinajstić information content (AvgIpc) is 3.04. The van der Waals surface area contributed by atoms with Gasteiger partial charge in [0.05, 0.1) is 12.7 Å². The lowest BCUT2D eigenvalue weighted by Crippen LogP contribution is -2.25. The number of nitrogens with one attached hydrogen (secondary N) is 1. The molecule has 0 aliphatic carbocycles. The minimum absolute atomic E-state index is 0.0945. The monoisotopic (exact) mass is 270 g/mol. The van der Waals surface area contributed by atoms with Gasteiger partial charge in [-0.3, -0.25) is 9.59 Å². The molecule has 0 saturated carbocycles. The Balaban J connectivity index is 1.82. The Kier molecular flexibility index (Phi) is 3.02. The lowest BCUT2D eigenvalue weighted by molar-refractivity contribution is -0.117. The first kappa shape index (κ1) is 12.5. The predicted octanol–water partition coefficient (Wildman–Crippen LogP) is 2.44. The predicted molar refractivity (Wildman–Crippen MR) is 74.8 cm³/mol. The van der Waals surface area contributed by atoms with E-state index in [0.717, 1.165) is 11.3 Å². The molecule has 0 atom stereocenters. The third-order valence-electron chi connectivity index (χ3n) is 3.33. The van der Waals surface area contributed by atoms with Crippen molar-refractivity contribution in [1.29, 1.82) is 0 Å². The molecule has 20 heavy (non-hydrogen) atoms. The summed E-state index contributed by atoms with van der Waals surface area (Å²) in [5, 5.41) is 2.76. The highest BCUT2D eigenvalue weighted by molar-refractivity contribution is 6.04. The Labute approximate surface area is 116 Å². The first-order valence-corrected chi connectivity index (χ1v) is 6.47. The maximum atomic E-state index is 11.9. The fourth-order valence-electron chi connectivity index (χ4n) is 2.41. The SMILES string of the molecule is CCN1C(=O)Cc2cc(NC(=O)c3ccco3)ccc21. The zero-order valence-electron chi connectivity index (χ0n) is 11.1. The molecule has 5 nitrogen and oxygen atoms in total. The Morgan fingerprint density at radius 1 is 1.40 bits per heavy atom. The van der Waals surface area contributed by atoms with E-state index in [1.54, 1.807) is 23.1 Å². The Hall–Kier alpha value is -2.56. The molecule has 102 valence electrons. The minimum Gasteiger partial charge on any atom is -0.459 e. The van der Waals surface area contributed by atoms with Crippen LogP contribution in [0.3, 0.4) is 0 Å². The fraction of sp³-hybridized carbons (Fsp3) is 0.200. The Bertz CT molecular complexity index is 662. The van der Waals surface area contributed by atoms with Gasteiger partial charge in [-0.25, -0.2) is 0 Å². The number of anilines is 2. The smallest absolute Gasteiger partial charge is 0.291 e. The molecule has 2 aromatic rings. The summed E-state index contributed by atoms with van der Waals surface area (Å²) in [4.78, 5) is 25.4. The number of likely N-dealkylation sites (N-methyl/N-ethyl adjacent to an activating group) is 1. The minimum atomic E-state index is -0.299. The second-order valence-corrected chi connectivity index (χ2v) is 4.59. The van der Waals surface area contributed by atoms with E-state index >= 15 is 0 Å². The van der Waals surface area contributed by atoms with E-state index in [4.69, 9.17) is 4.42 Å². The summed E-state index contributed by atoms with van der Waals surface area (Å²) < 4.78 is 5.04. The van der Waals surface area contributed by atoms with Gasteiger partial charge in [0.1, 0.15) is 0 Å². The van der Waals surface area contributed by atoms with E-state index < -0.39 is 0 Å². The quantitative estimate of drug-likeness (QED) is 0.931. The number of carbonyl (C=O) groups is 2. The van der Waals surface area contributed by atoms with Crippen molar-refractivity contribution in [1.82, 2.24) is 0 Å². The summed E-state index contributed by atoms with van der Waals surface area (Å²) in [6, 6.07) is 8.76. The van der Waals surface area contributed by atoms with E-state index in [-0.39, 0.29) is 17.6 Å². The van der Waals surface area contributed by atoms with Gasteiger partial charge in [-0.2, -0.15) is 0 Å². The maximum Gasteiger partial charge on any atom is 0.291 e. The van der Waals surface area contributed by atoms with Gasteiger partial charge in [-0.05, 0) is 42.8 Å². The van der Waals surface area contributed by atoms with Crippen LogP contribution in [-0.4, -0.2) is 18.4 Å². The fourth-order valence-corrected chi connectivity index (χ4v) is 2.41. The molecule has 2 amide bonds. The number of carbonyl (C=O) groups excluding carboxylic acids is 2. The van der Waals surface area contributed by atoms with Crippen LogP contribution in [0.25, 0.3) is 0 Å². The van der Waals surface area contributed by atoms with Crippen molar-refractivity contribution >= 4 is 23.2 Å². The van der Waals surface area contributed by atoms with Gasteiger partial charge >= 0.3 is 0 Å². The molecule has 1 N–H and O–H groups in total. The molecule has 0 unspecified atom stereocenters. The molecule has 0 spiro atoms. The van der Waals surface area contributed by atoms with Gasteiger partial charge in [-0.1, -0.05) is 0 Å². The molecule has 1 aliphatic rings. The summed E-state index contributed by atoms with van der Waals surface area (Å²) >= 11 is 0. The van der Waals surface area contributed by atoms with Crippen LogP contribution in [0, 0.1) is 0 Å². The lowest BCUT2D eigenvalue weighted by Gasteiger charge is -2.14. The van der Waals surface area contributed by atoms with E-state index in [1.165, 1.54) is 6.26 Å². The summed E-state index contributed by atoms with van der Waals surface area (Å²) in [6.07, 6.45) is 1.84. The Morgan fingerprint density at radius 2 is 2.25 bits per heavy atom. The van der Waals surface area contributed by atoms with Gasteiger partial charge in [-0.15, -0.1) is 0 Å². The van der Waals surface area contributed by atoms with Gasteiger partial charge in [0.2, 0.25) is 5.91 Å². The van der Waals surface area contributed by atoms with Crippen LogP contribution in [-0.2, 0) is 11.2 Å². The molecule has 0 saturated heterocycles. The molecule has 0 fully saturated rings. The van der Waals surface area contributed by atoms with Crippen molar-refractivity contribution in [2.24, 2.45) is 0 Å². The van der Waals surface area contributed by atoms with Crippen LogP contribution < -0.4 is 10.2 Å². The number of fused-ring (bicyclic) bond motifs is 1. The molecule has 1 aromatic carbocycles. The highest BCUT2D eigenvalue weighted by Crippen LogP contribution is 2.31. The zero-order chi connectivity index (χ0) is 14.1. The van der Waals surface area contributed by atoms with Gasteiger partial charge in [0, 0.05) is 17.9 Å². The zero-order valence-corrected chi connectivity index (χ0v) is 11.1. The molecule has 2 heterocycles. The van der Waals surface area contributed by atoms with Crippen molar-refractivity contribution in [2.75, 3.05) is 16.8 Å². The van der Waals surface area contributed by atoms with Gasteiger partial charge in [0.15, 0.2) is 5.76 Å². The highest BCUT2D eigenvalue weighted by Gasteiger charge is 2.26. The second kappa shape index (κ2) is 4.85. The van der Waals surface area contributed by atoms with Crippen LogP contribution in [0.5, 0.6) is 0 Å². The summed E-state index contributed by atoms with van der Waals surface area (Å²) in [5.41, 5.74) is 2.53. The topological polar surface area (TPSA) is 62.6 Å². The summed E-state index contributed by atoms with van der Waals surface area (Å²) in [7, 11) is 0. The van der Waals surface area contributed by atoms with E-state index in [9.17, 15) is 9.59 Å². The van der Waals surface area contributed by atoms with Crippen LogP contribution in [0.15, 0.2) is 41.0 Å². The third-order valence-corrected chi connectivity index (χ3v) is 3.33. The van der Waals surface area contributed by atoms with Crippen LogP contribution in [0.2, 0.25) is 0 Å². The maximum absolute atomic E-state index is 11.9. The first-order valence-electron chi connectivity index (χ1n) is 6.47. The standard InChI is InChI=1S/C15H14N2O3/c1-2-17-12-6-5-11(8-10(12)9-14(17)18)16-15(19)13-4-3-7-20-13/h3-8H,2,9H2,1H3,(H,16,19). The van der Waals surface area contributed by atoms with Crippen molar-refractivity contribution < 1.29 is 14.0 Å². The normalized spacial score (nSPS) is 13.4. The number of nitrogens with zero attached hydrogens (tertiary/aromatic N) is 1. The van der Waals surface area contributed by atoms with Crippen LogP contribution in [0.1, 0.15) is 23.0 Å². The highest BCUT2D eigenvalue weighted by atomic mass is 16.3. The molecular weight excluding hydrogens is 256 g/mol. The molecule has 1 aliphatic heterocycles. The number of furan rings is 1. The molecule has 5 heteroatoms. The number of rotatable bonds is 3. The van der Waals surface area contributed by atoms with Crippen molar-refractivity contribution in [3.63, 3.8) is 0 Å². The number of amides is 2. The average molecular weight is 270 g/mol. The number of benzene rings is 1.